The highest BCUT2D eigenvalue weighted by Gasteiger charge is 2.24. The SMILES string of the molecule is CCC(C(=O)O)N(C)c1ccc([N+](=O)[O-])c2cccnc12. The smallest absolute Gasteiger partial charge is 0.326 e. The number of fused-ring (bicyclic) bond motifs is 1. The molecule has 0 aliphatic rings. The number of pyridine rings is 1. The zero-order valence-electron chi connectivity index (χ0n) is 11.7. The van der Waals surface area contributed by atoms with Crippen molar-refractivity contribution in [1.29, 1.82) is 0 Å². The molecule has 0 spiro atoms. The Balaban J connectivity index is 2.63. The summed E-state index contributed by atoms with van der Waals surface area (Å²) in [4.78, 5) is 27.6. The van der Waals surface area contributed by atoms with Gasteiger partial charge in [-0.15, -0.1) is 0 Å². The van der Waals surface area contributed by atoms with Crippen molar-refractivity contribution in [2.75, 3.05) is 11.9 Å². The standard InChI is InChI=1S/C14H15N3O4/c1-3-10(14(18)19)16(2)12-7-6-11(17(20)21)9-5-4-8-15-13(9)12/h4-8,10H,3H2,1-2H3,(H,18,19). The van der Waals surface area contributed by atoms with Crippen LogP contribution in [0, 0.1) is 10.1 Å². The number of aliphatic carboxylic acids is 1. The highest BCUT2D eigenvalue weighted by atomic mass is 16.6. The molecule has 1 heterocycles. The summed E-state index contributed by atoms with van der Waals surface area (Å²) in [6.07, 6.45) is 1.95. The van der Waals surface area contributed by atoms with E-state index >= 15 is 0 Å². The quantitative estimate of drug-likeness (QED) is 0.670. The van der Waals surface area contributed by atoms with E-state index in [4.69, 9.17) is 0 Å². The minimum Gasteiger partial charge on any atom is -0.480 e. The number of hydrogen-bond acceptors (Lipinski definition) is 5. The van der Waals surface area contributed by atoms with Gasteiger partial charge in [-0.3, -0.25) is 15.1 Å². The van der Waals surface area contributed by atoms with Crippen molar-refractivity contribution in [3.8, 4) is 0 Å². The number of anilines is 1. The van der Waals surface area contributed by atoms with Crippen molar-refractivity contribution in [2.45, 2.75) is 19.4 Å². The molecular weight excluding hydrogens is 274 g/mol. The van der Waals surface area contributed by atoms with Crippen molar-refractivity contribution >= 4 is 28.2 Å². The Hall–Kier alpha value is -2.70. The van der Waals surface area contributed by atoms with Crippen LogP contribution in [0.5, 0.6) is 0 Å². The third-order valence-electron chi connectivity index (χ3n) is 3.44. The number of hydrogen-bond donors (Lipinski definition) is 1. The Kier molecular flexibility index (Phi) is 4.02. The van der Waals surface area contributed by atoms with E-state index < -0.39 is 16.9 Å². The first-order valence-electron chi connectivity index (χ1n) is 6.45. The Morgan fingerprint density at radius 3 is 2.76 bits per heavy atom. The first-order chi connectivity index (χ1) is 9.97. The maximum Gasteiger partial charge on any atom is 0.326 e. The van der Waals surface area contributed by atoms with Gasteiger partial charge in [0.25, 0.3) is 5.69 Å². The average Bonchev–Trinajstić information content (AvgIpc) is 2.46. The zero-order chi connectivity index (χ0) is 15.6. The van der Waals surface area contributed by atoms with Crippen LogP contribution in [0.15, 0.2) is 30.5 Å². The summed E-state index contributed by atoms with van der Waals surface area (Å²) in [5, 5.41) is 20.7. The summed E-state index contributed by atoms with van der Waals surface area (Å²) >= 11 is 0. The summed E-state index contributed by atoms with van der Waals surface area (Å²) in [5.41, 5.74) is 0.943. The summed E-state index contributed by atoms with van der Waals surface area (Å²) < 4.78 is 0. The number of carboxylic acid groups (broad SMARTS) is 1. The van der Waals surface area contributed by atoms with Crippen LogP contribution < -0.4 is 4.90 Å². The third kappa shape index (κ3) is 2.62. The highest BCUT2D eigenvalue weighted by Crippen LogP contribution is 2.32. The largest absolute Gasteiger partial charge is 0.480 e. The summed E-state index contributed by atoms with van der Waals surface area (Å²) in [6, 6.07) is 5.44. The lowest BCUT2D eigenvalue weighted by Gasteiger charge is -2.26. The first kappa shape index (κ1) is 14.7. The van der Waals surface area contributed by atoms with E-state index in [1.807, 2.05) is 0 Å². The Morgan fingerprint density at radius 1 is 1.48 bits per heavy atom. The summed E-state index contributed by atoms with van der Waals surface area (Å²) in [7, 11) is 1.65. The normalized spacial score (nSPS) is 12.1. The molecule has 21 heavy (non-hydrogen) atoms. The Labute approximate surface area is 121 Å². The zero-order valence-corrected chi connectivity index (χ0v) is 11.7. The number of carbonyl (C=O) groups is 1. The van der Waals surface area contributed by atoms with Gasteiger partial charge < -0.3 is 10.0 Å². The van der Waals surface area contributed by atoms with E-state index in [-0.39, 0.29) is 5.69 Å². The minimum atomic E-state index is -0.942. The van der Waals surface area contributed by atoms with E-state index in [1.165, 1.54) is 12.3 Å². The number of nitrogens with zero attached hydrogens (tertiary/aromatic N) is 3. The maximum atomic E-state index is 11.3. The third-order valence-corrected chi connectivity index (χ3v) is 3.44. The summed E-state index contributed by atoms with van der Waals surface area (Å²) in [6.45, 7) is 1.77. The molecule has 7 heteroatoms. The molecule has 0 aliphatic carbocycles. The topological polar surface area (TPSA) is 96.6 Å². The van der Waals surface area contributed by atoms with Crippen LogP contribution in [0.4, 0.5) is 11.4 Å². The predicted molar refractivity (Wildman–Crippen MR) is 78.5 cm³/mol. The molecule has 0 aliphatic heterocycles. The van der Waals surface area contributed by atoms with Gasteiger partial charge in [-0.05, 0) is 24.6 Å². The van der Waals surface area contributed by atoms with Crippen molar-refractivity contribution in [3.05, 3.63) is 40.6 Å². The monoisotopic (exact) mass is 289 g/mol. The van der Waals surface area contributed by atoms with E-state index in [1.54, 1.807) is 37.1 Å². The van der Waals surface area contributed by atoms with Crippen LogP contribution in [0.25, 0.3) is 10.9 Å². The van der Waals surface area contributed by atoms with Gasteiger partial charge in [-0.1, -0.05) is 6.92 Å². The van der Waals surface area contributed by atoms with Crippen molar-refractivity contribution in [2.24, 2.45) is 0 Å². The molecular formula is C14H15N3O4. The lowest BCUT2D eigenvalue weighted by Crippen LogP contribution is -2.38. The number of rotatable bonds is 5. The number of nitro benzene ring substituents is 1. The number of likely N-dealkylation sites (N-methyl/N-ethyl adjacent to an activating group) is 1. The molecule has 0 amide bonds. The molecule has 2 rings (SSSR count). The van der Waals surface area contributed by atoms with Gasteiger partial charge in [-0.2, -0.15) is 0 Å². The molecule has 0 bridgehead atoms. The Bertz CT molecular complexity index is 702. The molecule has 110 valence electrons. The number of carboxylic acids is 1. The molecule has 1 atom stereocenters. The fourth-order valence-electron chi connectivity index (χ4n) is 2.37. The number of non-ortho nitro benzene ring substituents is 1. The number of benzene rings is 1. The van der Waals surface area contributed by atoms with Crippen LogP contribution in [0.2, 0.25) is 0 Å². The molecule has 0 fully saturated rings. The predicted octanol–water partition coefficient (Wildman–Crippen LogP) is 2.44. The van der Waals surface area contributed by atoms with Crippen LogP contribution in [-0.4, -0.2) is 34.1 Å². The van der Waals surface area contributed by atoms with E-state index in [0.29, 0.717) is 23.0 Å². The van der Waals surface area contributed by atoms with E-state index in [9.17, 15) is 20.0 Å². The molecule has 1 aromatic heterocycles. The second kappa shape index (κ2) is 5.74. The van der Waals surface area contributed by atoms with Gasteiger partial charge in [0.15, 0.2) is 0 Å². The van der Waals surface area contributed by atoms with Gasteiger partial charge in [0.2, 0.25) is 0 Å². The second-order valence-corrected chi connectivity index (χ2v) is 4.63. The maximum absolute atomic E-state index is 11.3. The van der Waals surface area contributed by atoms with Crippen LogP contribution in [0.3, 0.4) is 0 Å². The number of aromatic nitrogens is 1. The fourth-order valence-corrected chi connectivity index (χ4v) is 2.37. The van der Waals surface area contributed by atoms with E-state index in [2.05, 4.69) is 4.98 Å². The average molecular weight is 289 g/mol. The van der Waals surface area contributed by atoms with Crippen LogP contribution >= 0.6 is 0 Å². The molecule has 0 radical (unpaired) electrons. The van der Waals surface area contributed by atoms with Gasteiger partial charge in [-0.25, -0.2) is 4.79 Å². The van der Waals surface area contributed by atoms with Crippen molar-refractivity contribution in [1.82, 2.24) is 4.98 Å². The molecule has 0 saturated carbocycles. The summed E-state index contributed by atoms with van der Waals surface area (Å²) in [5.74, 6) is -0.942. The van der Waals surface area contributed by atoms with Crippen molar-refractivity contribution in [3.63, 3.8) is 0 Å². The second-order valence-electron chi connectivity index (χ2n) is 4.63. The lowest BCUT2D eigenvalue weighted by atomic mass is 10.1. The highest BCUT2D eigenvalue weighted by molar-refractivity contribution is 5.98. The molecule has 1 aromatic carbocycles. The molecule has 2 aromatic rings. The first-order valence-corrected chi connectivity index (χ1v) is 6.45. The Morgan fingerprint density at radius 2 is 2.19 bits per heavy atom. The molecule has 1 unspecified atom stereocenters. The molecule has 1 N–H and O–H groups in total. The molecule has 7 nitrogen and oxygen atoms in total. The molecule has 0 saturated heterocycles. The van der Waals surface area contributed by atoms with Gasteiger partial charge >= 0.3 is 5.97 Å². The fraction of sp³-hybridized carbons (Fsp3) is 0.286. The van der Waals surface area contributed by atoms with Gasteiger partial charge in [0, 0.05) is 19.3 Å². The van der Waals surface area contributed by atoms with Crippen LogP contribution in [-0.2, 0) is 4.79 Å². The van der Waals surface area contributed by atoms with E-state index in [0.717, 1.165) is 0 Å². The number of nitro groups is 1. The minimum absolute atomic E-state index is 0.0429. The lowest BCUT2D eigenvalue weighted by molar-refractivity contribution is -0.383. The van der Waals surface area contributed by atoms with Gasteiger partial charge in [0.05, 0.1) is 16.0 Å². The van der Waals surface area contributed by atoms with Crippen molar-refractivity contribution < 1.29 is 14.8 Å². The van der Waals surface area contributed by atoms with Crippen LogP contribution in [0.1, 0.15) is 13.3 Å². The van der Waals surface area contributed by atoms with Gasteiger partial charge in [0.1, 0.15) is 11.6 Å².